The summed E-state index contributed by atoms with van der Waals surface area (Å²) in [6.45, 7) is 2.51. The molecule has 4 rings (SSSR count). The average Bonchev–Trinajstić information content (AvgIpc) is 3.32. The van der Waals surface area contributed by atoms with Crippen LogP contribution in [0.1, 0.15) is 28.5 Å². The molecule has 2 aromatic carbocycles. The number of nitrogens with zero attached hydrogens (tertiary/aromatic N) is 2. The summed E-state index contributed by atoms with van der Waals surface area (Å²) in [7, 11) is 2.93. The first-order chi connectivity index (χ1) is 15.4. The van der Waals surface area contributed by atoms with E-state index in [0.29, 0.717) is 17.8 Å². The number of aromatic nitrogens is 1. The van der Waals surface area contributed by atoms with Gasteiger partial charge in [0.15, 0.2) is 0 Å². The zero-order valence-corrected chi connectivity index (χ0v) is 18.9. The van der Waals surface area contributed by atoms with Gasteiger partial charge in [-0.25, -0.2) is 14.0 Å². The Morgan fingerprint density at radius 2 is 1.94 bits per heavy atom. The molecule has 0 bridgehead atoms. The molecule has 0 unspecified atom stereocenters. The van der Waals surface area contributed by atoms with E-state index >= 15 is 0 Å². The van der Waals surface area contributed by atoms with Crippen molar-refractivity contribution in [3.63, 3.8) is 0 Å². The lowest BCUT2D eigenvalue weighted by atomic mass is 10.1. The minimum absolute atomic E-state index is 0.174. The third-order valence-electron chi connectivity index (χ3n) is 5.37. The maximum atomic E-state index is 13.9. The molecule has 0 aliphatic heterocycles. The van der Waals surface area contributed by atoms with Gasteiger partial charge in [-0.05, 0) is 42.1 Å². The Morgan fingerprint density at radius 3 is 2.69 bits per heavy atom. The summed E-state index contributed by atoms with van der Waals surface area (Å²) in [5.74, 6) is -0.775. The van der Waals surface area contributed by atoms with Gasteiger partial charge in [-0.15, -0.1) is 11.3 Å². The lowest BCUT2D eigenvalue weighted by molar-refractivity contribution is 0.0512. The summed E-state index contributed by atoms with van der Waals surface area (Å²) in [4.78, 5) is 26.5. The third-order valence-corrected chi connectivity index (χ3v) is 6.38. The second-order valence-corrected chi connectivity index (χ2v) is 8.29. The van der Waals surface area contributed by atoms with E-state index in [1.807, 2.05) is 34.2 Å². The first kappa shape index (κ1) is 21.8. The van der Waals surface area contributed by atoms with Gasteiger partial charge >= 0.3 is 12.1 Å². The standard InChI is InChI=1S/C24H23FN2O4S/c1-4-31-23(28)22-19(13-26(2)24(29)30-3)17-7-5-6-8-20(17)27(22)12-15-14-32-21-10-9-16(25)11-18(15)21/h5-11,14H,4,12-13H2,1-3H3. The number of rotatable bonds is 6. The fraction of sp³-hybridized carbons (Fsp3) is 0.250. The van der Waals surface area contributed by atoms with Gasteiger partial charge in [0, 0.05) is 40.1 Å². The molecule has 1 amide bonds. The van der Waals surface area contributed by atoms with Crippen LogP contribution in [0.5, 0.6) is 0 Å². The number of hydrogen-bond donors (Lipinski definition) is 0. The van der Waals surface area contributed by atoms with Crippen LogP contribution in [0.3, 0.4) is 0 Å². The molecule has 8 heteroatoms. The number of carbonyl (C=O) groups is 2. The van der Waals surface area contributed by atoms with Gasteiger partial charge in [0.1, 0.15) is 11.5 Å². The second kappa shape index (κ2) is 9.00. The molecule has 0 aliphatic rings. The SMILES string of the molecule is CCOC(=O)c1c(CN(C)C(=O)OC)c2ccccc2n1Cc1csc2ccc(F)cc12. The molecular formula is C24H23FN2O4S. The van der Waals surface area contributed by atoms with Crippen LogP contribution in [0, 0.1) is 5.82 Å². The maximum absolute atomic E-state index is 13.9. The van der Waals surface area contributed by atoms with Crippen molar-refractivity contribution in [2.75, 3.05) is 20.8 Å². The Kier molecular flexibility index (Phi) is 6.14. The Balaban J connectivity index is 1.90. The van der Waals surface area contributed by atoms with E-state index in [-0.39, 0.29) is 19.0 Å². The third kappa shape index (κ3) is 3.93. The number of esters is 1. The van der Waals surface area contributed by atoms with Gasteiger partial charge < -0.3 is 18.9 Å². The first-order valence-corrected chi connectivity index (χ1v) is 11.0. The van der Waals surface area contributed by atoms with E-state index in [4.69, 9.17) is 9.47 Å². The Bertz CT molecular complexity index is 1310. The maximum Gasteiger partial charge on any atom is 0.409 e. The van der Waals surface area contributed by atoms with E-state index in [0.717, 1.165) is 26.6 Å². The molecule has 2 heterocycles. The first-order valence-electron chi connectivity index (χ1n) is 10.2. The zero-order valence-electron chi connectivity index (χ0n) is 18.1. The summed E-state index contributed by atoms with van der Waals surface area (Å²) in [6, 6.07) is 12.3. The highest BCUT2D eigenvalue weighted by atomic mass is 32.1. The minimum Gasteiger partial charge on any atom is -0.461 e. The van der Waals surface area contributed by atoms with Crippen molar-refractivity contribution in [3.05, 3.63) is 70.5 Å². The van der Waals surface area contributed by atoms with Crippen LogP contribution in [0.4, 0.5) is 9.18 Å². The quantitative estimate of drug-likeness (QED) is 0.365. The van der Waals surface area contributed by atoms with Crippen LogP contribution < -0.4 is 0 Å². The number of hydrogen-bond acceptors (Lipinski definition) is 5. The van der Waals surface area contributed by atoms with Gasteiger partial charge in [0.05, 0.1) is 20.3 Å². The molecule has 0 radical (unpaired) electrons. The molecule has 166 valence electrons. The predicted octanol–water partition coefficient (Wildman–Crippen LogP) is 5.42. The van der Waals surface area contributed by atoms with Crippen molar-refractivity contribution in [1.82, 2.24) is 9.47 Å². The van der Waals surface area contributed by atoms with E-state index in [2.05, 4.69) is 0 Å². The normalized spacial score (nSPS) is 11.1. The summed E-state index contributed by atoms with van der Waals surface area (Å²) in [6.07, 6.45) is -0.504. The van der Waals surface area contributed by atoms with E-state index in [1.165, 1.54) is 35.5 Å². The van der Waals surface area contributed by atoms with Crippen molar-refractivity contribution in [2.24, 2.45) is 0 Å². The summed E-state index contributed by atoms with van der Waals surface area (Å²) >= 11 is 1.53. The minimum atomic E-state index is -0.504. The van der Waals surface area contributed by atoms with Crippen LogP contribution >= 0.6 is 11.3 Å². The Hall–Kier alpha value is -3.39. The topological polar surface area (TPSA) is 60.8 Å². The van der Waals surface area contributed by atoms with Gasteiger partial charge in [-0.1, -0.05) is 18.2 Å². The van der Waals surface area contributed by atoms with E-state index in [9.17, 15) is 14.0 Å². The average molecular weight is 455 g/mol. The molecule has 0 atom stereocenters. The second-order valence-electron chi connectivity index (χ2n) is 7.38. The molecule has 0 N–H and O–H groups in total. The van der Waals surface area contributed by atoms with Crippen molar-refractivity contribution in [2.45, 2.75) is 20.0 Å². The van der Waals surface area contributed by atoms with Crippen molar-refractivity contribution in [1.29, 1.82) is 0 Å². The molecule has 32 heavy (non-hydrogen) atoms. The van der Waals surface area contributed by atoms with Crippen LogP contribution in [0.2, 0.25) is 0 Å². The number of para-hydroxylation sites is 1. The number of methoxy groups -OCH3 is 1. The molecule has 0 saturated carbocycles. The number of halogens is 1. The zero-order chi connectivity index (χ0) is 22.8. The summed E-state index contributed by atoms with van der Waals surface area (Å²) in [5.41, 5.74) is 2.79. The highest BCUT2D eigenvalue weighted by molar-refractivity contribution is 7.17. The highest BCUT2D eigenvalue weighted by Gasteiger charge is 2.26. The highest BCUT2D eigenvalue weighted by Crippen LogP contribution is 2.32. The number of thiophene rings is 1. The molecule has 2 aromatic heterocycles. The molecular weight excluding hydrogens is 431 g/mol. The summed E-state index contributed by atoms with van der Waals surface area (Å²) in [5, 5.41) is 3.64. The summed E-state index contributed by atoms with van der Waals surface area (Å²) < 4.78 is 27.0. The van der Waals surface area contributed by atoms with Crippen molar-refractivity contribution in [3.8, 4) is 0 Å². The predicted molar refractivity (Wildman–Crippen MR) is 123 cm³/mol. The monoisotopic (exact) mass is 454 g/mol. The molecule has 4 aromatic rings. The van der Waals surface area contributed by atoms with E-state index in [1.54, 1.807) is 20.0 Å². The van der Waals surface area contributed by atoms with Crippen LogP contribution in [-0.2, 0) is 22.6 Å². The molecule has 0 spiro atoms. The lowest BCUT2D eigenvalue weighted by Crippen LogP contribution is -2.27. The van der Waals surface area contributed by atoms with Gasteiger partial charge in [0.2, 0.25) is 0 Å². The van der Waals surface area contributed by atoms with Gasteiger partial charge in [0.25, 0.3) is 0 Å². The molecule has 0 aliphatic carbocycles. The Morgan fingerprint density at radius 1 is 1.16 bits per heavy atom. The van der Waals surface area contributed by atoms with Crippen LogP contribution in [-0.4, -0.2) is 42.3 Å². The molecule has 0 fully saturated rings. The van der Waals surface area contributed by atoms with Crippen LogP contribution in [0.25, 0.3) is 21.0 Å². The number of amides is 1. The Labute approximate surface area is 188 Å². The number of carbonyl (C=O) groups excluding carboxylic acids is 2. The van der Waals surface area contributed by atoms with Crippen molar-refractivity contribution < 1.29 is 23.5 Å². The number of fused-ring (bicyclic) bond motifs is 2. The largest absolute Gasteiger partial charge is 0.461 e. The lowest BCUT2D eigenvalue weighted by Gasteiger charge is -2.17. The van der Waals surface area contributed by atoms with Gasteiger partial charge in [-0.2, -0.15) is 0 Å². The number of ether oxygens (including phenoxy) is 2. The number of benzene rings is 2. The van der Waals surface area contributed by atoms with Gasteiger partial charge in [-0.3, -0.25) is 0 Å². The fourth-order valence-corrected chi connectivity index (χ4v) is 4.87. The molecule has 6 nitrogen and oxygen atoms in total. The molecule has 0 saturated heterocycles. The smallest absolute Gasteiger partial charge is 0.409 e. The van der Waals surface area contributed by atoms with Crippen molar-refractivity contribution >= 4 is 44.4 Å². The van der Waals surface area contributed by atoms with E-state index < -0.39 is 12.1 Å². The fourth-order valence-electron chi connectivity index (χ4n) is 3.94. The van der Waals surface area contributed by atoms with Crippen LogP contribution in [0.15, 0.2) is 47.8 Å².